The van der Waals surface area contributed by atoms with Crippen LogP contribution < -0.4 is 15.2 Å². The molecule has 19 heavy (non-hydrogen) atoms. The van der Waals surface area contributed by atoms with E-state index in [0.29, 0.717) is 23.1 Å². The summed E-state index contributed by atoms with van der Waals surface area (Å²) in [5.41, 5.74) is 8.41. The zero-order valence-electron chi connectivity index (χ0n) is 11.4. The van der Waals surface area contributed by atoms with Gasteiger partial charge in [0.25, 0.3) is 0 Å². The molecule has 1 heterocycles. The van der Waals surface area contributed by atoms with Crippen molar-refractivity contribution in [2.45, 2.75) is 20.3 Å². The Labute approximate surface area is 113 Å². The van der Waals surface area contributed by atoms with Gasteiger partial charge in [-0.15, -0.1) is 0 Å². The van der Waals surface area contributed by atoms with E-state index < -0.39 is 0 Å². The molecule has 0 saturated carbocycles. The molecule has 2 aromatic rings. The van der Waals surface area contributed by atoms with Gasteiger partial charge in [0.15, 0.2) is 11.5 Å². The number of rotatable bonds is 4. The zero-order chi connectivity index (χ0) is 13.8. The summed E-state index contributed by atoms with van der Waals surface area (Å²) in [7, 11) is 1.62. The second-order valence-electron chi connectivity index (χ2n) is 4.29. The maximum absolute atomic E-state index is 5.86. The van der Waals surface area contributed by atoms with Crippen LogP contribution in [0.15, 0.2) is 30.3 Å². The minimum atomic E-state index is 0.405. The van der Waals surface area contributed by atoms with Gasteiger partial charge in [-0.1, -0.05) is 13.0 Å². The summed E-state index contributed by atoms with van der Waals surface area (Å²) in [4.78, 5) is 4.28. The van der Waals surface area contributed by atoms with Crippen molar-refractivity contribution in [3.8, 4) is 17.4 Å². The number of aryl methyl sites for hydroxylation is 2. The Morgan fingerprint density at radius 3 is 2.63 bits per heavy atom. The molecule has 0 bridgehead atoms. The number of pyridine rings is 1. The van der Waals surface area contributed by atoms with Crippen LogP contribution in [0.25, 0.3) is 0 Å². The number of nitrogens with zero attached hydrogens (tertiary/aromatic N) is 1. The third-order valence-corrected chi connectivity index (χ3v) is 2.87. The van der Waals surface area contributed by atoms with Crippen LogP contribution in [0.1, 0.15) is 18.2 Å². The summed E-state index contributed by atoms with van der Waals surface area (Å²) in [5.74, 6) is 1.70. The predicted octanol–water partition coefficient (Wildman–Crippen LogP) is 3.34. The maximum Gasteiger partial charge on any atom is 0.243 e. The standard InChI is InChI=1S/C15H18N2O2/c1-4-11-6-8-13(14(9-11)18-3)19-15-12(16)7-5-10(2)17-15/h5-9H,4,16H2,1-3H3. The van der Waals surface area contributed by atoms with Crippen molar-refractivity contribution in [1.82, 2.24) is 4.98 Å². The lowest BCUT2D eigenvalue weighted by Gasteiger charge is -2.12. The molecule has 2 rings (SSSR count). The van der Waals surface area contributed by atoms with E-state index in [1.807, 2.05) is 31.2 Å². The fourth-order valence-corrected chi connectivity index (χ4v) is 1.75. The fraction of sp³-hybridized carbons (Fsp3) is 0.267. The van der Waals surface area contributed by atoms with Gasteiger partial charge in [-0.25, -0.2) is 4.98 Å². The van der Waals surface area contributed by atoms with Crippen molar-refractivity contribution in [2.75, 3.05) is 12.8 Å². The second-order valence-corrected chi connectivity index (χ2v) is 4.29. The number of nitrogens with two attached hydrogens (primary N) is 1. The molecule has 0 atom stereocenters. The number of aromatic nitrogens is 1. The summed E-state index contributed by atoms with van der Waals surface area (Å²) >= 11 is 0. The minimum Gasteiger partial charge on any atom is -0.493 e. The summed E-state index contributed by atoms with van der Waals surface area (Å²) in [6.45, 7) is 3.99. The topological polar surface area (TPSA) is 57.4 Å². The SMILES string of the molecule is CCc1ccc(Oc2nc(C)ccc2N)c(OC)c1. The third kappa shape index (κ3) is 2.96. The van der Waals surface area contributed by atoms with E-state index in [0.717, 1.165) is 12.1 Å². The first-order valence-electron chi connectivity index (χ1n) is 6.22. The molecule has 0 saturated heterocycles. The van der Waals surface area contributed by atoms with Crippen LogP contribution in [0.4, 0.5) is 5.69 Å². The number of methoxy groups -OCH3 is 1. The van der Waals surface area contributed by atoms with E-state index in [9.17, 15) is 0 Å². The van der Waals surface area contributed by atoms with E-state index in [1.54, 1.807) is 13.2 Å². The highest BCUT2D eigenvalue weighted by atomic mass is 16.5. The van der Waals surface area contributed by atoms with Gasteiger partial charge >= 0.3 is 0 Å². The zero-order valence-corrected chi connectivity index (χ0v) is 11.4. The van der Waals surface area contributed by atoms with Crippen LogP contribution in [-0.4, -0.2) is 12.1 Å². The molecule has 0 aliphatic heterocycles. The highest BCUT2D eigenvalue weighted by Crippen LogP contribution is 2.33. The first-order valence-corrected chi connectivity index (χ1v) is 6.22. The normalized spacial score (nSPS) is 10.3. The highest BCUT2D eigenvalue weighted by Gasteiger charge is 2.10. The largest absolute Gasteiger partial charge is 0.493 e. The predicted molar refractivity (Wildman–Crippen MR) is 75.8 cm³/mol. The van der Waals surface area contributed by atoms with Crippen LogP contribution in [-0.2, 0) is 6.42 Å². The van der Waals surface area contributed by atoms with Gasteiger partial charge in [-0.05, 0) is 43.2 Å². The smallest absolute Gasteiger partial charge is 0.243 e. The number of hydrogen-bond acceptors (Lipinski definition) is 4. The molecule has 0 spiro atoms. The molecule has 0 fully saturated rings. The third-order valence-electron chi connectivity index (χ3n) is 2.87. The lowest BCUT2D eigenvalue weighted by molar-refractivity contribution is 0.374. The number of anilines is 1. The molecule has 0 aliphatic carbocycles. The van der Waals surface area contributed by atoms with E-state index in [4.69, 9.17) is 15.2 Å². The van der Waals surface area contributed by atoms with E-state index in [1.165, 1.54) is 5.56 Å². The Morgan fingerprint density at radius 2 is 1.95 bits per heavy atom. The van der Waals surface area contributed by atoms with Crippen LogP contribution in [0, 0.1) is 6.92 Å². The van der Waals surface area contributed by atoms with Crippen LogP contribution in [0.3, 0.4) is 0 Å². The molecule has 0 aliphatic rings. The van der Waals surface area contributed by atoms with Crippen molar-refractivity contribution in [3.05, 3.63) is 41.6 Å². The average Bonchev–Trinajstić information content (AvgIpc) is 2.43. The summed E-state index contributed by atoms with van der Waals surface area (Å²) in [5, 5.41) is 0. The molecule has 4 heteroatoms. The van der Waals surface area contributed by atoms with Crippen LogP contribution >= 0.6 is 0 Å². The Balaban J connectivity index is 2.35. The van der Waals surface area contributed by atoms with Crippen LogP contribution in [0.5, 0.6) is 17.4 Å². The molecule has 4 nitrogen and oxygen atoms in total. The lowest BCUT2D eigenvalue weighted by atomic mass is 10.1. The summed E-state index contributed by atoms with van der Waals surface area (Å²) in [6, 6.07) is 9.47. The molecular formula is C15H18N2O2. The van der Waals surface area contributed by atoms with Gasteiger partial charge in [-0.2, -0.15) is 0 Å². The van der Waals surface area contributed by atoms with E-state index in [2.05, 4.69) is 11.9 Å². The lowest BCUT2D eigenvalue weighted by Crippen LogP contribution is -1.98. The first-order chi connectivity index (χ1) is 9.13. The average molecular weight is 258 g/mol. The first kappa shape index (κ1) is 13.2. The number of nitrogen functional groups attached to an aromatic ring is 1. The van der Waals surface area contributed by atoms with E-state index >= 15 is 0 Å². The quantitative estimate of drug-likeness (QED) is 0.913. The highest BCUT2D eigenvalue weighted by molar-refractivity contribution is 5.52. The van der Waals surface area contributed by atoms with Gasteiger partial charge in [0.2, 0.25) is 5.88 Å². The van der Waals surface area contributed by atoms with E-state index in [-0.39, 0.29) is 0 Å². The molecule has 2 N–H and O–H groups in total. The van der Waals surface area contributed by atoms with Crippen molar-refractivity contribution in [3.63, 3.8) is 0 Å². The Hall–Kier alpha value is -2.23. The Morgan fingerprint density at radius 1 is 1.16 bits per heavy atom. The minimum absolute atomic E-state index is 0.405. The van der Waals surface area contributed by atoms with Crippen molar-refractivity contribution in [2.24, 2.45) is 0 Å². The Kier molecular flexibility index (Phi) is 3.90. The Bertz CT molecular complexity index is 582. The van der Waals surface area contributed by atoms with Gasteiger partial charge < -0.3 is 15.2 Å². The van der Waals surface area contributed by atoms with Gasteiger partial charge in [0, 0.05) is 5.69 Å². The van der Waals surface area contributed by atoms with Crippen molar-refractivity contribution < 1.29 is 9.47 Å². The van der Waals surface area contributed by atoms with Gasteiger partial charge in [-0.3, -0.25) is 0 Å². The summed E-state index contributed by atoms with van der Waals surface area (Å²) < 4.78 is 11.1. The van der Waals surface area contributed by atoms with Crippen LogP contribution in [0.2, 0.25) is 0 Å². The molecule has 1 aromatic heterocycles. The summed E-state index contributed by atoms with van der Waals surface area (Å²) in [6.07, 6.45) is 0.946. The molecular weight excluding hydrogens is 240 g/mol. The monoisotopic (exact) mass is 258 g/mol. The molecule has 1 aromatic carbocycles. The molecule has 0 unspecified atom stereocenters. The number of ether oxygens (including phenoxy) is 2. The number of benzene rings is 1. The number of hydrogen-bond donors (Lipinski definition) is 1. The van der Waals surface area contributed by atoms with Gasteiger partial charge in [0.05, 0.1) is 12.8 Å². The molecule has 100 valence electrons. The van der Waals surface area contributed by atoms with Crippen molar-refractivity contribution in [1.29, 1.82) is 0 Å². The molecule has 0 amide bonds. The maximum atomic E-state index is 5.86. The fourth-order valence-electron chi connectivity index (χ4n) is 1.75. The van der Waals surface area contributed by atoms with Gasteiger partial charge in [0.1, 0.15) is 0 Å². The van der Waals surface area contributed by atoms with Crippen molar-refractivity contribution >= 4 is 5.69 Å². The second kappa shape index (κ2) is 5.61. The molecule has 0 radical (unpaired) electrons.